The lowest BCUT2D eigenvalue weighted by Gasteiger charge is -2.10. The number of nitrogens with zero attached hydrogens (tertiary/aromatic N) is 2. The summed E-state index contributed by atoms with van der Waals surface area (Å²) >= 11 is 7.26. The second-order valence-corrected chi connectivity index (χ2v) is 5.79. The van der Waals surface area contributed by atoms with Gasteiger partial charge in [0.05, 0.1) is 5.25 Å². The third-order valence-electron chi connectivity index (χ3n) is 2.54. The number of rotatable bonds is 5. The highest BCUT2D eigenvalue weighted by Crippen LogP contribution is 2.20. The Kier molecular flexibility index (Phi) is 4.86. The number of hydrogen-bond donors (Lipinski definition) is 3. The van der Waals surface area contributed by atoms with Gasteiger partial charge in [-0.1, -0.05) is 41.6 Å². The molecule has 0 aliphatic heterocycles. The van der Waals surface area contributed by atoms with Gasteiger partial charge in [0.15, 0.2) is 0 Å². The van der Waals surface area contributed by atoms with Crippen LogP contribution in [0.25, 0.3) is 0 Å². The molecule has 1 aromatic heterocycles. The highest BCUT2D eigenvalue weighted by molar-refractivity contribution is 8.00. The summed E-state index contributed by atoms with van der Waals surface area (Å²) in [6.45, 7) is 2.17. The number of aromatic nitrogens is 3. The van der Waals surface area contributed by atoms with Crippen molar-refractivity contribution >= 4 is 35.2 Å². The fourth-order valence-electron chi connectivity index (χ4n) is 1.49. The van der Waals surface area contributed by atoms with E-state index in [0.717, 1.165) is 5.56 Å². The van der Waals surface area contributed by atoms with Crippen molar-refractivity contribution in [1.82, 2.24) is 20.5 Å². The molecular formula is C12H14ClN5OS. The van der Waals surface area contributed by atoms with Gasteiger partial charge in [0.2, 0.25) is 17.0 Å². The SMILES string of the molecule is C[C@H](Sc1n[nH]c(N)n1)C(=O)NCc1ccccc1Cl. The van der Waals surface area contributed by atoms with E-state index in [0.29, 0.717) is 16.7 Å². The first kappa shape index (κ1) is 14.7. The van der Waals surface area contributed by atoms with Crippen LogP contribution in [-0.4, -0.2) is 26.3 Å². The predicted molar refractivity (Wildman–Crippen MR) is 79.4 cm³/mol. The van der Waals surface area contributed by atoms with Crippen LogP contribution in [0.3, 0.4) is 0 Å². The Morgan fingerprint density at radius 2 is 2.30 bits per heavy atom. The number of amides is 1. The number of halogens is 1. The van der Waals surface area contributed by atoms with Crippen molar-refractivity contribution in [2.24, 2.45) is 0 Å². The molecule has 0 fully saturated rings. The molecule has 0 bridgehead atoms. The maximum absolute atomic E-state index is 12.0. The zero-order valence-corrected chi connectivity index (χ0v) is 12.3. The number of nitrogens with two attached hydrogens (primary N) is 1. The number of nitrogens with one attached hydrogen (secondary N) is 2. The summed E-state index contributed by atoms with van der Waals surface area (Å²) in [5.74, 6) is 0.120. The maximum atomic E-state index is 12.0. The lowest BCUT2D eigenvalue weighted by molar-refractivity contribution is -0.120. The summed E-state index contributed by atoms with van der Waals surface area (Å²) in [6, 6.07) is 7.38. The number of carbonyl (C=O) groups is 1. The quantitative estimate of drug-likeness (QED) is 0.732. The fraction of sp³-hybridized carbons (Fsp3) is 0.250. The summed E-state index contributed by atoms with van der Waals surface area (Å²) in [7, 11) is 0. The number of thioether (sulfide) groups is 1. The van der Waals surface area contributed by atoms with Gasteiger partial charge < -0.3 is 11.1 Å². The van der Waals surface area contributed by atoms with Crippen molar-refractivity contribution in [3.05, 3.63) is 34.9 Å². The summed E-state index contributed by atoms with van der Waals surface area (Å²) in [5.41, 5.74) is 6.30. The zero-order chi connectivity index (χ0) is 14.5. The molecule has 106 valence electrons. The molecule has 0 radical (unpaired) electrons. The maximum Gasteiger partial charge on any atom is 0.233 e. The van der Waals surface area contributed by atoms with Gasteiger partial charge in [-0.05, 0) is 18.6 Å². The number of benzene rings is 1. The summed E-state index contributed by atoms with van der Waals surface area (Å²) in [5, 5.41) is 9.98. The Bertz CT molecular complexity index is 603. The Labute approximate surface area is 125 Å². The number of hydrogen-bond acceptors (Lipinski definition) is 5. The molecule has 0 aliphatic carbocycles. The lowest BCUT2D eigenvalue weighted by Crippen LogP contribution is -2.30. The van der Waals surface area contributed by atoms with E-state index in [-0.39, 0.29) is 17.1 Å². The molecule has 1 amide bonds. The molecule has 0 unspecified atom stereocenters. The van der Waals surface area contributed by atoms with Gasteiger partial charge >= 0.3 is 0 Å². The van der Waals surface area contributed by atoms with E-state index in [2.05, 4.69) is 20.5 Å². The highest BCUT2D eigenvalue weighted by Gasteiger charge is 2.16. The molecule has 0 saturated heterocycles. The van der Waals surface area contributed by atoms with E-state index >= 15 is 0 Å². The number of H-pyrrole nitrogens is 1. The van der Waals surface area contributed by atoms with E-state index in [1.54, 1.807) is 13.0 Å². The minimum Gasteiger partial charge on any atom is -0.368 e. The van der Waals surface area contributed by atoms with Crippen LogP contribution in [0.1, 0.15) is 12.5 Å². The third-order valence-corrected chi connectivity index (χ3v) is 3.87. The lowest BCUT2D eigenvalue weighted by atomic mass is 10.2. The van der Waals surface area contributed by atoms with E-state index in [1.807, 2.05) is 18.2 Å². The van der Waals surface area contributed by atoms with E-state index < -0.39 is 0 Å². The van der Waals surface area contributed by atoms with Gasteiger partial charge in [-0.2, -0.15) is 4.98 Å². The molecule has 4 N–H and O–H groups in total. The second kappa shape index (κ2) is 6.62. The summed E-state index contributed by atoms with van der Waals surface area (Å²) in [4.78, 5) is 15.9. The Morgan fingerprint density at radius 3 is 2.95 bits per heavy atom. The van der Waals surface area contributed by atoms with Gasteiger partial charge in [0.1, 0.15) is 0 Å². The molecule has 1 atom stereocenters. The van der Waals surface area contributed by atoms with Gasteiger partial charge in [0, 0.05) is 11.6 Å². The smallest absolute Gasteiger partial charge is 0.233 e. The molecule has 1 heterocycles. The van der Waals surface area contributed by atoms with Crippen LogP contribution in [0.5, 0.6) is 0 Å². The first-order valence-corrected chi connectivity index (χ1v) is 7.17. The van der Waals surface area contributed by atoms with Crippen LogP contribution in [0.2, 0.25) is 5.02 Å². The molecular weight excluding hydrogens is 298 g/mol. The minimum absolute atomic E-state index is 0.113. The van der Waals surface area contributed by atoms with Crippen molar-refractivity contribution < 1.29 is 4.79 Å². The minimum atomic E-state index is -0.326. The Balaban J connectivity index is 1.87. The van der Waals surface area contributed by atoms with Crippen molar-refractivity contribution in [3.63, 3.8) is 0 Å². The molecule has 20 heavy (non-hydrogen) atoms. The van der Waals surface area contributed by atoms with Crippen LogP contribution in [0.15, 0.2) is 29.4 Å². The van der Waals surface area contributed by atoms with Crippen molar-refractivity contribution in [2.45, 2.75) is 23.9 Å². The molecule has 2 rings (SSSR count). The number of aromatic amines is 1. The van der Waals surface area contributed by atoms with E-state index in [1.165, 1.54) is 11.8 Å². The van der Waals surface area contributed by atoms with Crippen molar-refractivity contribution in [1.29, 1.82) is 0 Å². The first-order valence-electron chi connectivity index (χ1n) is 5.92. The van der Waals surface area contributed by atoms with Crippen LogP contribution in [0, 0.1) is 0 Å². The molecule has 2 aromatic rings. The fourth-order valence-corrected chi connectivity index (χ4v) is 2.45. The van der Waals surface area contributed by atoms with Crippen LogP contribution < -0.4 is 11.1 Å². The van der Waals surface area contributed by atoms with Crippen molar-refractivity contribution in [2.75, 3.05) is 5.73 Å². The number of carbonyl (C=O) groups excluding carboxylic acids is 1. The number of anilines is 1. The zero-order valence-electron chi connectivity index (χ0n) is 10.8. The Hall–Kier alpha value is -1.73. The average molecular weight is 312 g/mol. The molecule has 0 aliphatic rings. The third kappa shape index (κ3) is 3.88. The second-order valence-electron chi connectivity index (χ2n) is 4.07. The number of nitrogen functional groups attached to an aromatic ring is 1. The van der Waals surface area contributed by atoms with E-state index in [4.69, 9.17) is 17.3 Å². The van der Waals surface area contributed by atoms with Crippen LogP contribution in [-0.2, 0) is 11.3 Å². The largest absolute Gasteiger partial charge is 0.368 e. The summed E-state index contributed by atoms with van der Waals surface area (Å²) < 4.78 is 0. The topological polar surface area (TPSA) is 96.7 Å². The monoisotopic (exact) mass is 311 g/mol. The molecule has 0 spiro atoms. The highest BCUT2D eigenvalue weighted by atomic mass is 35.5. The predicted octanol–water partition coefficient (Wildman–Crippen LogP) is 1.84. The van der Waals surface area contributed by atoms with E-state index in [9.17, 15) is 4.79 Å². The van der Waals surface area contributed by atoms with Gasteiger partial charge in [-0.25, -0.2) is 5.10 Å². The van der Waals surface area contributed by atoms with Gasteiger partial charge in [-0.15, -0.1) is 5.10 Å². The molecule has 1 aromatic carbocycles. The van der Waals surface area contributed by atoms with Gasteiger partial charge in [-0.3, -0.25) is 4.79 Å². The molecule has 0 saturated carbocycles. The van der Waals surface area contributed by atoms with Crippen LogP contribution >= 0.6 is 23.4 Å². The average Bonchev–Trinajstić information content (AvgIpc) is 2.82. The molecule has 6 nitrogen and oxygen atoms in total. The van der Waals surface area contributed by atoms with Crippen molar-refractivity contribution in [3.8, 4) is 0 Å². The first-order chi connectivity index (χ1) is 9.56. The standard InChI is InChI=1S/C12H14ClN5OS/c1-7(20-12-16-11(14)17-18-12)10(19)15-6-8-4-2-3-5-9(8)13/h2-5,7H,6H2,1H3,(H,15,19)(H3,14,16,17,18)/t7-/m0/s1. The molecule has 8 heteroatoms. The normalized spacial score (nSPS) is 12.1. The summed E-state index contributed by atoms with van der Waals surface area (Å²) in [6.07, 6.45) is 0. The van der Waals surface area contributed by atoms with Gasteiger partial charge in [0.25, 0.3) is 0 Å². The Morgan fingerprint density at radius 1 is 1.55 bits per heavy atom. The van der Waals surface area contributed by atoms with Crippen LogP contribution in [0.4, 0.5) is 5.95 Å².